The number of carbonyl (C=O) groups is 2. The Labute approximate surface area is 211 Å². The number of halogens is 2. The number of rotatable bonds is 8. The second kappa shape index (κ2) is 10.6. The molecule has 4 aromatic rings. The Kier molecular flexibility index (Phi) is 7.33. The molecule has 2 aromatic heterocycles. The summed E-state index contributed by atoms with van der Waals surface area (Å²) in [7, 11) is 1.45. The Hall–Kier alpha value is -3.88. The fraction of sp³-hybridized carbons (Fsp3) is 0.120. The van der Waals surface area contributed by atoms with Crippen LogP contribution in [0.25, 0.3) is 33.5 Å². The van der Waals surface area contributed by atoms with Gasteiger partial charge in [0.05, 0.1) is 41.2 Å². The third kappa shape index (κ3) is 5.13. The molecule has 0 atom stereocenters. The first-order valence-corrected chi connectivity index (χ1v) is 11.3. The SMILES string of the molecule is COc1nc(-c2cccc(-c3cccc(-c4cnn(CCNC(=O)O)c4)c3Cl)c2Cl)ccc1C=O. The number of hydrogen-bond donors (Lipinski definition) is 2. The zero-order valence-corrected chi connectivity index (χ0v) is 20.0. The summed E-state index contributed by atoms with van der Waals surface area (Å²) in [5.74, 6) is 0.217. The number of nitrogens with zero attached hydrogens (tertiary/aromatic N) is 3. The summed E-state index contributed by atoms with van der Waals surface area (Å²) in [6.07, 6.45) is 3.08. The van der Waals surface area contributed by atoms with Crippen LogP contribution in [0.1, 0.15) is 10.4 Å². The minimum Gasteiger partial charge on any atom is -0.480 e. The van der Waals surface area contributed by atoms with Gasteiger partial charge >= 0.3 is 6.09 Å². The maximum absolute atomic E-state index is 11.2. The molecule has 0 bridgehead atoms. The van der Waals surface area contributed by atoms with E-state index in [0.717, 1.165) is 16.7 Å². The van der Waals surface area contributed by atoms with E-state index in [1.807, 2.05) is 36.4 Å². The van der Waals surface area contributed by atoms with Crippen molar-refractivity contribution in [3.05, 3.63) is 76.5 Å². The van der Waals surface area contributed by atoms with E-state index >= 15 is 0 Å². The molecule has 0 unspecified atom stereocenters. The first kappa shape index (κ1) is 24.3. The first-order valence-electron chi connectivity index (χ1n) is 10.5. The van der Waals surface area contributed by atoms with Crippen LogP contribution < -0.4 is 10.1 Å². The van der Waals surface area contributed by atoms with Crippen molar-refractivity contribution in [2.45, 2.75) is 6.54 Å². The van der Waals surface area contributed by atoms with Crippen molar-refractivity contribution in [2.24, 2.45) is 0 Å². The van der Waals surface area contributed by atoms with Crippen LogP contribution in [0.5, 0.6) is 5.88 Å². The van der Waals surface area contributed by atoms with E-state index in [9.17, 15) is 9.59 Å². The summed E-state index contributed by atoms with van der Waals surface area (Å²) in [6, 6.07) is 14.5. The molecule has 0 aliphatic rings. The maximum atomic E-state index is 11.2. The zero-order chi connectivity index (χ0) is 24.9. The van der Waals surface area contributed by atoms with E-state index in [2.05, 4.69) is 15.4 Å². The fourth-order valence-electron chi connectivity index (χ4n) is 3.66. The van der Waals surface area contributed by atoms with Gasteiger partial charge in [0, 0.05) is 40.6 Å². The molecule has 0 saturated heterocycles. The highest BCUT2D eigenvalue weighted by Crippen LogP contribution is 2.42. The van der Waals surface area contributed by atoms with E-state index in [0.29, 0.717) is 45.3 Å². The average Bonchev–Trinajstić information content (AvgIpc) is 3.32. The van der Waals surface area contributed by atoms with E-state index < -0.39 is 6.09 Å². The van der Waals surface area contributed by atoms with Gasteiger partial charge in [0.25, 0.3) is 0 Å². The largest absolute Gasteiger partial charge is 0.480 e. The average molecular weight is 511 g/mol. The summed E-state index contributed by atoms with van der Waals surface area (Å²) < 4.78 is 6.87. The summed E-state index contributed by atoms with van der Waals surface area (Å²) in [5.41, 5.74) is 4.57. The molecule has 8 nitrogen and oxygen atoms in total. The minimum absolute atomic E-state index is 0.217. The molecule has 178 valence electrons. The number of pyridine rings is 1. The van der Waals surface area contributed by atoms with Gasteiger partial charge in [-0.3, -0.25) is 9.48 Å². The predicted molar refractivity (Wildman–Crippen MR) is 134 cm³/mol. The number of carboxylic acid groups (broad SMARTS) is 1. The van der Waals surface area contributed by atoms with Crippen molar-refractivity contribution in [3.8, 4) is 39.4 Å². The molecule has 2 heterocycles. The highest BCUT2D eigenvalue weighted by Gasteiger charge is 2.17. The minimum atomic E-state index is -1.08. The molecule has 1 amide bonds. The van der Waals surface area contributed by atoms with Gasteiger partial charge in [-0.15, -0.1) is 0 Å². The van der Waals surface area contributed by atoms with E-state index in [-0.39, 0.29) is 12.4 Å². The van der Waals surface area contributed by atoms with Gasteiger partial charge in [0.2, 0.25) is 5.88 Å². The van der Waals surface area contributed by atoms with Crippen molar-refractivity contribution in [1.29, 1.82) is 0 Å². The standard InChI is InChI=1S/C25H20Cl2N4O4/c1-35-24-15(14-32)8-9-21(30-24)20-7-3-6-19(23(20)27)18-5-2-4-17(22(18)26)16-12-29-31(13-16)11-10-28-25(33)34/h2-9,12-14,28H,10-11H2,1H3,(H,33,34). The van der Waals surface area contributed by atoms with Crippen LogP contribution in [0.15, 0.2) is 60.9 Å². The zero-order valence-electron chi connectivity index (χ0n) is 18.5. The lowest BCUT2D eigenvalue weighted by atomic mass is 9.97. The molecule has 0 fully saturated rings. The maximum Gasteiger partial charge on any atom is 0.404 e. The molecular weight excluding hydrogens is 491 g/mol. The van der Waals surface area contributed by atoms with Crippen molar-refractivity contribution < 1.29 is 19.4 Å². The van der Waals surface area contributed by atoms with Crippen LogP contribution >= 0.6 is 23.2 Å². The Morgan fingerprint density at radius 2 is 1.71 bits per heavy atom. The highest BCUT2D eigenvalue weighted by atomic mass is 35.5. The van der Waals surface area contributed by atoms with Crippen LogP contribution in [0, 0.1) is 0 Å². The number of methoxy groups -OCH3 is 1. The number of ether oxygens (including phenoxy) is 1. The monoisotopic (exact) mass is 510 g/mol. The van der Waals surface area contributed by atoms with Crippen LogP contribution in [-0.2, 0) is 6.54 Å². The number of aromatic nitrogens is 3. The van der Waals surface area contributed by atoms with Gasteiger partial charge < -0.3 is 15.2 Å². The molecule has 2 N–H and O–H groups in total. The van der Waals surface area contributed by atoms with Gasteiger partial charge in [-0.1, -0.05) is 59.6 Å². The number of hydrogen-bond acceptors (Lipinski definition) is 5. The first-order chi connectivity index (χ1) is 16.9. The Bertz CT molecular complexity index is 1400. The van der Waals surface area contributed by atoms with Crippen LogP contribution in [-0.4, -0.2) is 45.9 Å². The van der Waals surface area contributed by atoms with E-state index in [1.165, 1.54) is 7.11 Å². The molecule has 0 aliphatic carbocycles. The molecule has 0 spiro atoms. The normalized spacial score (nSPS) is 10.7. The molecule has 0 radical (unpaired) electrons. The predicted octanol–water partition coefficient (Wildman–Crippen LogP) is 5.67. The van der Waals surface area contributed by atoms with Gasteiger partial charge in [-0.2, -0.15) is 5.10 Å². The third-order valence-corrected chi connectivity index (χ3v) is 6.15. The Balaban J connectivity index is 1.70. The van der Waals surface area contributed by atoms with Crippen molar-refractivity contribution >= 4 is 35.6 Å². The molecule has 10 heteroatoms. The summed E-state index contributed by atoms with van der Waals surface area (Å²) in [5, 5.41) is 16.3. The van der Waals surface area contributed by atoms with Crippen molar-refractivity contribution in [3.63, 3.8) is 0 Å². The molecular formula is C25H20Cl2N4O4. The molecule has 35 heavy (non-hydrogen) atoms. The van der Waals surface area contributed by atoms with Gasteiger partial charge in [-0.25, -0.2) is 9.78 Å². The number of nitrogens with one attached hydrogen (secondary N) is 1. The number of benzene rings is 2. The molecule has 4 rings (SSSR count). The Morgan fingerprint density at radius 1 is 1.06 bits per heavy atom. The number of amides is 1. The topological polar surface area (TPSA) is 106 Å². The molecule has 0 aliphatic heterocycles. The quantitative estimate of drug-likeness (QED) is 0.295. The Morgan fingerprint density at radius 3 is 2.37 bits per heavy atom. The van der Waals surface area contributed by atoms with Crippen molar-refractivity contribution in [1.82, 2.24) is 20.1 Å². The van der Waals surface area contributed by atoms with Gasteiger partial charge in [0.1, 0.15) is 0 Å². The second-order valence-corrected chi connectivity index (χ2v) is 8.23. The molecule has 0 saturated carbocycles. The fourth-order valence-corrected chi connectivity index (χ4v) is 4.32. The van der Waals surface area contributed by atoms with E-state index in [1.54, 1.807) is 29.2 Å². The lowest BCUT2D eigenvalue weighted by Gasteiger charge is -2.14. The number of carbonyl (C=O) groups excluding carboxylic acids is 1. The van der Waals surface area contributed by atoms with E-state index in [4.69, 9.17) is 33.0 Å². The van der Waals surface area contributed by atoms with Crippen molar-refractivity contribution in [2.75, 3.05) is 13.7 Å². The second-order valence-electron chi connectivity index (χ2n) is 7.47. The lowest BCUT2D eigenvalue weighted by molar-refractivity contribution is 0.112. The summed E-state index contributed by atoms with van der Waals surface area (Å²) in [6.45, 7) is 0.621. The van der Waals surface area contributed by atoms with Crippen LogP contribution in [0.4, 0.5) is 4.79 Å². The van der Waals surface area contributed by atoms with Crippen LogP contribution in [0.2, 0.25) is 10.0 Å². The summed E-state index contributed by atoms with van der Waals surface area (Å²) in [4.78, 5) is 26.3. The molecule has 2 aromatic carbocycles. The highest BCUT2D eigenvalue weighted by molar-refractivity contribution is 6.39. The lowest BCUT2D eigenvalue weighted by Crippen LogP contribution is -2.25. The van der Waals surface area contributed by atoms with Crippen LogP contribution in [0.3, 0.4) is 0 Å². The smallest absolute Gasteiger partial charge is 0.404 e. The van der Waals surface area contributed by atoms with Gasteiger partial charge in [-0.05, 0) is 12.1 Å². The van der Waals surface area contributed by atoms with Gasteiger partial charge in [0.15, 0.2) is 6.29 Å². The number of aldehydes is 1. The third-order valence-electron chi connectivity index (χ3n) is 5.33. The summed E-state index contributed by atoms with van der Waals surface area (Å²) >= 11 is 13.7.